The minimum atomic E-state index is -0.130. The van der Waals surface area contributed by atoms with E-state index in [9.17, 15) is 4.79 Å². The number of anilines is 1. The number of halogens is 1. The predicted molar refractivity (Wildman–Crippen MR) is 141 cm³/mol. The summed E-state index contributed by atoms with van der Waals surface area (Å²) < 4.78 is 5.52. The highest BCUT2D eigenvalue weighted by atomic mass is 35.5. The van der Waals surface area contributed by atoms with Crippen molar-refractivity contribution in [3.8, 4) is 5.75 Å². The van der Waals surface area contributed by atoms with Crippen molar-refractivity contribution in [2.45, 2.75) is 32.0 Å². The number of hydrogen-bond donors (Lipinski definition) is 1. The summed E-state index contributed by atoms with van der Waals surface area (Å²) in [5, 5.41) is 4.05. The molecule has 2 aliphatic rings. The molecule has 0 bridgehead atoms. The lowest BCUT2D eigenvalue weighted by molar-refractivity contribution is -0.126. The van der Waals surface area contributed by atoms with Gasteiger partial charge >= 0.3 is 0 Å². The van der Waals surface area contributed by atoms with Crippen molar-refractivity contribution in [3.63, 3.8) is 0 Å². The lowest BCUT2D eigenvalue weighted by atomic mass is 9.83. The number of carbonyl (C=O) groups excluding carboxylic acids is 1. The minimum Gasteiger partial charge on any atom is -0.497 e. The maximum atomic E-state index is 13.7. The SMILES string of the molecule is COc1ccc2c(c1)N1CCN(Cc3ccc(Cl)cc3)C[C@@H]1[C@@H](C(=O)N[C@@H](C)c1ccccc1)C2. The van der Waals surface area contributed by atoms with Crippen molar-refractivity contribution in [2.75, 3.05) is 31.6 Å². The molecular weight excluding hydrogens is 458 g/mol. The summed E-state index contributed by atoms with van der Waals surface area (Å²) in [5.74, 6) is 0.841. The van der Waals surface area contributed by atoms with E-state index in [0.717, 1.165) is 48.9 Å². The number of amides is 1. The van der Waals surface area contributed by atoms with E-state index in [0.29, 0.717) is 0 Å². The lowest BCUT2D eigenvalue weighted by Gasteiger charge is -2.49. The normalized spacial score (nSPS) is 20.5. The van der Waals surface area contributed by atoms with Crippen LogP contribution in [0.1, 0.15) is 29.7 Å². The van der Waals surface area contributed by atoms with E-state index >= 15 is 0 Å². The summed E-state index contributed by atoms with van der Waals surface area (Å²) in [5.41, 5.74) is 4.76. The molecule has 1 saturated heterocycles. The lowest BCUT2D eigenvalue weighted by Crippen LogP contribution is -2.61. The van der Waals surface area contributed by atoms with Gasteiger partial charge in [0.15, 0.2) is 0 Å². The molecule has 1 N–H and O–H groups in total. The Morgan fingerprint density at radius 3 is 2.60 bits per heavy atom. The average molecular weight is 490 g/mol. The molecule has 0 spiro atoms. The quantitative estimate of drug-likeness (QED) is 0.524. The number of rotatable bonds is 6. The zero-order chi connectivity index (χ0) is 24.4. The molecule has 5 nitrogen and oxygen atoms in total. The van der Waals surface area contributed by atoms with Crippen LogP contribution in [0.25, 0.3) is 0 Å². The van der Waals surface area contributed by atoms with Gasteiger partial charge in [-0.25, -0.2) is 0 Å². The van der Waals surface area contributed by atoms with Crippen LogP contribution in [0.5, 0.6) is 5.75 Å². The predicted octanol–water partition coefficient (Wildman–Crippen LogP) is 5.09. The van der Waals surface area contributed by atoms with Crippen LogP contribution in [-0.2, 0) is 17.8 Å². The van der Waals surface area contributed by atoms with Crippen molar-refractivity contribution in [3.05, 3.63) is 94.5 Å². The number of nitrogens with one attached hydrogen (secondary N) is 1. The standard InChI is InChI=1S/C29H32ClN3O2/c1-20(22-6-4-3-5-7-22)31-29(34)26-16-23-10-13-25(35-2)17-27(23)33-15-14-32(19-28(26)33)18-21-8-11-24(30)12-9-21/h3-13,17,20,26,28H,14-16,18-19H2,1-2H3,(H,31,34)/t20-,26-,28+/m0/s1. The van der Waals surface area contributed by atoms with E-state index in [4.69, 9.17) is 16.3 Å². The fourth-order valence-electron chi connectivity index (χ4n) is 5.40. The molecule has 0 radical (unpaired) electrons. The molecule has 35 heavy (non-hydrogen) atoms. The Morgan fingerprint density at radius 1 is 1.09 bits per heavy atom. The summed E-state index contributed by atoms with van der Waals surface area (Å²) in [6.07, 6.45) is 0.725. The Morgan fingerprint density at radius 2 is 1.86 bits per heavy atom. The van der Waals surface area contributed by atoms with Gasteiger partial charge in [-0.2, -0.15) is 0 Å². The summed E-state index contributed by atoms with van der Waals surface area (Å²) in [6, 6.07) is 24.5. The Labute approximate surface area is 212 Å². The summed E-state index contributed by atoms with van der Waals surface area (Å²) in [7, 11) is 1.70. The molecule has 182 valence electrons. The van der Waals surface area contributed by atoms with Gasteiger partial charge in [-0.15, -0.1) is 0 Å². The van der Waals surface area contributed by atoms with Crippen LogP contribution in [0.3, 0.4) is 0 Å². The molecule has 3 atom stereocenters. The van der Waals surface area contributed by atoms with Gasteiger partial charge in [-0.3, -0.25) is 9.69 Å². The number of benzene rings is 3. The molecule has 3 aromatic carbocycles. The molecule has 2 heterocycles. The number of methoxy groups -OCH3 is 1. The molecule has 1 amide bonds. The first-order chi connectivity index (χ1) is 17.0. The number of ether oxygens (including phenoxy) is 1. The first kappa shape index (κ1) is 23.7. The first-order valence-corrected chi connectivity index (χ1v) is 12.7. The van der Waals surface area contributed by atoms with E-state index in [1.807, 2.05) is 36.4 Å². The topological polar surface area (TPSA) is 44.8 Å². The van der Waals surface area contributed by atoms with Gasteiger partial charge in [-0.05, 0) is 48.2 Å². The number of carbonyl (C=O) groups is 1. The zero-order valence-corrected chi connectivity index (χ0v) is 21.0. The highest BCUT2D eigenvalue weighted by molar-refractivity contribution is 6.30. The van der Waals surface area contributed by atoms with Crippen LogP contribution >= 0.6 is 11.6 Å². The molecular formula is C29H32ClN3O2. The van der Waals surface area contributed by atoms with Gasteiger partial charge in [0.2, 0.25) is 5.91 Å². The third-order valence-electron chi connectivity index (χ3n) is 7.32. The molecule has 3 aromatic rings. The molecule has 0 saturated carbocycles. The first-order valence-electron chi connectivity index (χ1n) is 12.3. The second-order valence-corrected chi connectivity index (χ2v) is 10.0. The van der Waals surface area contributed by atoms with Crippen molar-refractivity contribution < 1.29 is 9.53 Å². The van der Waals surface area contributed by atoms with Crippen LogP contribution < -0.4 is 15.0 Å². The molecule has 0 unspecified atom stereocenters. The van der Waals surface area contributed by atoms with Crippen molar-refractivity contribution in [2.24, 2.45) is 5.92 Å². The highest BCUT2D eigenvalue weighted by Gasteiger charge is 2.42. The second-order valence-electron chi connectivity index (χ2n) is 9.57. The molecule has 0 aliphatic carbocycles. The number of hydrogen-bond acceptors (Lipinski definition) is 4. The van der Waals surface area contributed by atoms with E-state index in [1.165, 1.54) is 16.8 Å². The van der Waals surface area contributed by atoms with Gasteiger partial charge in [0.05, 0.1) is 25.1 Å². The number of piperazine rings is 1. The third kappa shape index (κ3) is 5.16. The van der Waals surface area contributed by atoms with Gasteiger partial charge < -0.3 is 15.0 Å². The fourth-order valence-corrected chi connectivity index (χ4v) is 5.53. The molecule has 0 aromatic heterocycles. The Balaban J connectivity index is 1.39. The summed E-state index contributed by atoms with van der Waals surface area (Å²) in [4.78, 5) is 18.6. The van der Waals surface area contributed by atoms with E-state index in [-0.39, 0.29) is 23.9 Å². The van der Waals surface area contributed by atoms with E-state index in [1.54, 1.807) is 7.11 Å². The van der Waals surface area contributed by atoms with Crippen LogP contribution in [0, 0.1) is 5.92 Å². The molecule has 6 heteroatoms. The second kappa shape index (κ2) is 10.3. The van der Waals surface area contributed by atoms with Crippen LogP contribution in [0.15, 0.2) is 72.8 Å². The average Bonchev–Trinajstić information content (AvgIpc) is 2.89. The summed E-state index contributed by atoms with van der Waals surface area (Å²) >= 11 is 6.08. The molecule has 2 aliphatic heterocycles. The van der Waals surface area contributed by atoms with Crippen molar-refractivity contribution >= 4 is 23.2 Å². The van der Waals surface area contributed by atoms with Gasteiger partial charge in [-0.1, -0.05) is 60.1 Å². The monoisotopic (exact) mass is 489 g/mol. The molecule has 1 fully saturated rings. The number of fused-ring (bicyclic) bond motifs is 3. The highest BCUT2D eigenvalue weighted by Crippen LogP contribution is 2.38. The van der Waals surface area contributed by atoms with E-state index in [2.05, 4.69) is 58.4 Å². The maximum Gasteiger partial charge on any atom is 0.226 e. The third-order valence-corrected chi connectivity index (χ3v) is 7.58. The van der Waals surface area contributed by atoms with Crippen molar-refractivity contribution in [1.82, 2.24) is 10.2 Å². The number of nitrogens with zero attached hydrogens (tertiary/aromatic N) is 2. The molecule has 5 rings (SSSR count). The maximum absolute atomic E-state index is 13.7. The van der Waals surface area contributed by atoms with Crippen molar-refractivity contribution in [1.29, 1.82) is 0 Å². The smallest absolute Gasteiger partial charge is 0.226 e. The Hall–Kier alpha value is -3.02. The largest absolute Gasteiger partial charge is 0.497 e. The van der Waals surface area contributed by atoms with Crippen LogP contribution in [0.4, 0.5) is 5.69 Å². The Bertz CT molecular complexity index is 1170. The summed E-state index contributed by atoms with van der Waals surface area (Å²) in [6.45, 7) is 5.54. The minimum absolute atomic E-state index is 0.0387. The zero-order valence-electron chi connectivity index (χ0n) is 20.3. The van der Waals surface area contributed by atoms with Crippen LogP contribution in [-0.4, -0.2) is 43.6 Å². The van der Waals surface area contributed by atoms with Crippen LogP contribution in [0.2, 0.25) is 5.02 Å². The van der Waals surface area contributed by atoms with Gasteiger partial charge in [0.25, 0.3) is 0 Å². The van der Waals surface area contributed by atoms with Gasteiger partial charge in [0.1, 0.15) is 5.75 Å². The fraction of sp³-hybridized carbons (Fsp3) is 0.345. The van der Waals surface area contributed by atoms with E-state index < -0.39 is 0 Å². The Kier molecular flexibility index (Phi) is 6.98. The van der Waals surface area contributed by atoms with Gasteiger partial charge in [0, 0.05) is 43.0 Å².